The molecule has 2 rings (SSSR count). The van der Waals surface area contributed by atoms with E-state index in [0.717, 1.165) is 18.8 Å². The second-order valence-electron chi connectivity index (χ2n) is 5.12. The molecule has 1 aromatic carbocycles. The van der Waals surface area contributed by atoms with Gasteiger partial charge in [0.25, 0.3) is 0 Å². The Bertz CT molecular complexity index is 462. The lowest BCUT2D eigenvalue weighted by molar-refractivity contribution is 0.0698. The number of nitrogens with one attached hydrogen (secondary N) is 1. The van der Waals surface area contributed by atoms with Crippen molar-refractivity contribution in [1.82, 2.24) is 4.90 Å². The first-order valence-corrected chi connectivity index (χ1v) is 6.65. The summed E-state index contributed by atoms with van der Waals surface area (Å²) in [6, 6.07) is 5.57. The van der Waals surface area contributed by atoms with Crippen molar-refractivity contribution in [3.63, 3.8) is 0 Å². The third-order valence-electron chi connectivity index (χ3n) is 3.75. The van der Waals surface area contributed by atoms with Crippen LogP contribution in [0.1, 0.15) is 29.6 Å². The van der Waals surface area contributed by atoms with E-state index in [1.54, 1.807) is 12.1 Å². The predicted molar refractivity (Wildman–Crippen MR) is 76.6 cm³/mol. The average molecular weight is 263 g/mol. The van der Waals surface area contributed by atoms with Gasteiger partial charge in [0.2, 0.25) is 0 Å². The maximum absolute atomic E-state index is 11.0. The number of carboxylic acid groups (broad SMARTS) is 1. The molecule has 1 heterocycles. The Hall–Kier alpha value is -1.75. The van der Waals surface area contributed by atoms with Crippen molar-refractivity contribution >= 4 is 17.3 Å². The molecule has 0 aromatic heterocycles. The number of hydrogen-bond donors (Lipinski definition) is 3. The molecular formula is C14H21N3O2. The van der Waals surface area contributed by atoms with Gasteiger partial charge in [0.05, 0.1) is 5.56 Å². The molecule has 1 unspecified atom stereocenters. The predicted octanol–water partition coefficient (Wildman–Crippen LogP) is 1.86. The number of likely N-dealkylation sites (N-methyl/N-ethyl adjacent to an activating group) is 1. The van der Waals surface area contributed by atoms with Gasteiger partial charge in [0, 0.05) is 24.0 Å². The molecule has 1 aliphatic heterocycles. The zero-order valence-electron chi connectivity index (χ0n) is 11.2. The lowest BCUT2D eigenvalue weighted by Gasteiger charge is -2.32. The van der Waals surface area contributed by atoms with Crippen molar-refractivity contribution < 1.29 is 9.90 Å². The van der Waals surface area contributed by atoms with Crippen LogP contribution in [0.2, 0.25) is 0 Å². The number of carboxylic acids is 1. The highest BCUT2D eigenvalue weighted by atomic mass is 16.4. The number of hydrogen-bond acceptors (Lipinski definition) is 4. The zero-order valence-corrected chi connectivity index (χ0v) is 11.2. The second-order valence-corrected chi connectivity index (χ2v) is 5.12. The van der Waals surface area contributed by atoms with Gasteiger partial charge >= 0.3 is 5.97 Å². The topological polar surface area (TPSA) is 78.6 Å². The molecule has 19 heavy (non-hydrogen) atoms. The number of likely N-dealkylation sites (tertiary alicyclic amines) is 1. The zero-order chi connectivity index (χ0) is 13.8. The molecule has 5 nitrogen and oxygen atoms in total. The van der Waals surface area contributed by atoms with E-state index in [-0.39, 0.29) is 5.56 Å². The van der Waals surface area contributed by atoms with Crippen molar-refractivity contribution in [1.29, 1.82) is 0 Å². The van der Waals surface area contributed by atoms with Crippen molar-refractivity contribution in [2.75, 3.05) is 31.2 Å². The van der Waals surface area contributed by atoms with E-state index in [2.05, 4.69) is 17.3 Å². The molecule has 0 saturated carbocycles. The molecule has 1 saturated heterocycles. The van der Waals surface area contributed by atoms with E-state index in [1.807, 2.05) is 6.07 Å². The first kappa shape index (κ1) is 13.7. The monoisotopic (exact) mass is 263 g/mol. The minimum atomic E-state index is -0.990. The van der Waals surface area contributed by atoms with Gasteiger partial charge < -0.3 is 21.1 Å². The third-order valence-corrected chi connectivity index (χ3v) is 3.75. The van der Waals surface area contributed by atoms with Gasteiger partial charge in [0.1, 0.15) is 0 Å². The number of nitrogens with zero attached hydrogens (tertiary/aromatic N) is 1. The number of nitrogens with two attached hydrogens (primary N) is 1. The fourth-order valence-corrected chi connectivity index (χ4v) is 2.49. The van der Waals surface area contributed by atoms with Gasteiger partial charge in [-0.25, -0.2) is 4.79 Å². The fourth-order valence-electron chi connectivity index (χ4n) is 2.49. The summed E-state index contributed by atoms with van der Waals surface area (Å²) in [4.78, 5) is 13.4. The Balaban J connectivity index is 1.99. The summed E-state index contributed by atoms with van der Waals surface area (Å²) >= 11 is 0. The van der Waals surface area contributed by atoms with Crippen LogP contribution in [0.5, 0.6) is 0 Å². The third kappa shape index (κ3) is 3.38. The molecular weight excluding hydrogens is 242 g/mol. The van der Waals surface area contributed by atoms with Crippen LogP contribution in [-0.2, 0) is 0 Å². The minimum absolute atomic E-state index is 0.155. The maximum Gasteiger partial charge on any atom is 0.337 e. The first-order valence-electron chi connectivity index (χ1n) is 6.65. The number of benzene rings is 1. The van der Waals surface area contributed by atoms with Crippen LogP contribution in [0.15, 0.2) is 18.2 Å². The van der Waals surface area contributed by atoms with E-state index < -0.39 is 5.97 Å². The van der Waals surface area contributed by atoms with E-state index in [4.69, 9.17) is 10.8 Å². The Morgan fingerprint density at radius 1 is 1.53 bits per heavy atom. The van der Waals surface area contributed by atoms with Crippen LogP contribution < -0.4 is 11.1 Å². The highest BCUT2D eigenvalue weighted by Crippen LogP contribution is 2.20. The Morgan fingerprint density at radius 3 is 3.00 bits per heavy atom. The highest BCUT2D eigenvalue weighted by molar-refractivity contribution is 5.94. The molecule has 1 atom stereocenters. The largest absolute Gasteiger partial charge is 0.478 e. The number of rotatable bonds is 4. The lowest BCUT2D eigenvalue weighted by Crippen LogP contribution is -2.40. The summed E-state index contributed by atoms with van der Waals surface area (Å²) in [7, 11) is 2.14. The quantitative estimate of drug-likeness (QED) is 0.723. The summed E-state index contributed by atoms with van der Waals surface area (Å²) in [5.74, 6) is -0.990. The Labute approximate surface area is 113 Å². The standard InChI is InChI=1S/C14H21N3O2/c1-17-7-3-2-4-11(17)9-16-10-5-6-13(15)12(8-10)14(18)19/h5-6,8,11,16H,2-4,7,9,15H2,1H3,(H,18,19). The number of carbonyl (C=O) groups is 1. The number of anilines is 2. The van der Waals surface area contributed by atoms with Gasteiger partial charge in [-0.3, -0.25) is 0 Å². The summed E-state index contributed by atoms with van der Waals surface area (Å²) < 4.78 is 0. The molecule has 0 spiro atoms. The second kappa shape index (κ2) is 5.93. The van der Waals surface area contributed by atoms with Crippen LogP contribution in [0.3, 0.4) is 0 Å². The van der Waals surface area contributed by atoms with Crippen molar-refractivity contribution in [2.24, 2.45) is 0 Å². The number of piperidine rings is 1. The highest BCUT2D eigenvalue weighted by Gasteiger charge is 2.18. The minimum Gasteiger partial charge on any atom is -0.478 e. The van der Waals surface area contributed by atoms with Gasteiger partial charge in [0.15, 0.2) is 0 Å². The molecule has 1 aromatic rings. The van der Waals surface area contributed by atoms with Crippen molar-refractivity contribution in [3.05, 3.63) is 23.8 Å². The average Bonchev–Trinajstić information content (AvgIpc) is 2.39. The molecule has 0 radical (unpaired) electrons. The molecule has 1 fully saturated rings. The van der Waals surface area contributed by atoms with E-state index in [0.29, 0.717) is 11.7 Å². The SMILES string of the molecule is CN1CCCCC1CNc1ccc(N)c(C(=O)O)c1. The van der Waals surface area contributed by atoms with E-state index in [9.17, 15) is 4.79 Å². The van der Waals surface area contributed by atoms with Gasteiger partial charge in [-0.2, -0.15) is 0 Å². The molecule has 1 aliphatic rings. The smallest absolute Gasteiger partial charge is 0.337 e. The Kier molecular flexibility index (Phi) is 4.27. The van der Waals surface area contributed by atoms with Crippen LogP contribution in [0, 0.1) is 0 Å². The van der Waals surface area contributed by atoms with Gasteiger partial charge in [-0.15, -0.1) is 0 Å². The summed E-state index contributed by atoms with van der Waals surface area (Å²) in [5, 5.41) is 12.3. The normalized spacial score (nSPS) is 20.2. The molecule has 104 valence electrons. The van der Waals surface area contributed by atoms with Gasteiger partial charge in [-0.1, -0.05) is 6.42 Å². The maximum atomic E-state index is 11.0. The van der Waals surface area contributed by atoms with Crippen LogP contribution in [0.25, 0.3) is 0 Å². The fraction of sp³-hybridized carbons (Fsp3) is 0.500. The van der Waals surface area contributed by atoms with Crippen LogP contribution in [0.4, 0.5) is 11.4 Å². The summed E-state index contributed by atoms with van der Waals surface area (Å²) in [6.07, 6.45) is 3.71. The molecule has 4 N–H and O–H groups in total. The molecule has 0 amide bonds. The van der Waals surface area contributed by atoms with Crippen molar-refractivity contribution in [3.8, 4) is 0 Å². The number of aromatic carboxylic acids is 1. The number of nitrogen functional groups attached to an aromatic ring is 1. The molecule has 0 bridgehead atoms. The van der Waals surface area contributed by atoms with Gasteiger partial charge in [-0.05, 0) is 44.6 Å². The lowest BCUT2D eigenvalue weighted by atomic mass is 10.0. The molecule has 0 aliphatic carbocycles. The van der Waals surface area contributed by atoms with Crippen LogP contribution in [-0.4, -0.2) is 42.2 Å². The van der Waals surface area contributed by atoms with E-state index >= 15 is 0 Å². The van der Waals surface area contributed by atoms with E-state index in [1.165, 1.54) is 19.3 Å². The summed E-state index contributed by atoms with van der Waals surface area (Å²) in [5.41, 5.74) is 6.90. The van der Waals surface area contributed by atoms with Crippen LogP contribution >= 0.6 is 0 Å². The first-order chi connectivity index (χ1) is 9.08. The summed E-state index contributed by atoms with van der Waals surface area (Å²) in [6.45, 7) is 1.97. The van der Waals surface area contributed by atoms with Crippen molar-refractivity contribution in [2.45, 2.75) is 25.3 Å². The Morgan fingerprint density at radius 2 is 2.32 bits per heavy atom. The molecule has 5 heteroatoms.